The number of benzene rings is 1. The zero-order chi connectivity index (χ0) is 9.80. The first-order valence-corrected chi connectivity index (χ1v) is 6.51. The lowest BCUT2D eigenvalue weighted by atomic mass is 10.2. The van der Waals surface area contributed by atoms with Crippen molar-refractivity contribution in [3.8, 4) is 0 Å². The van der Waals surface area contributed by atoms with E-state index in [4.69, 9.17) is 0 Å². The Morgan fingerprint density at radius 1 is 1.43 bits per heavy atom. The molecule has 0 N–H and O–H groups in total. The largest absolute Gasteiger partial charge is 0.305 e. The molecule has 0 unspecified atom stereocenters. The highest BCUT2D eigenvalue weighted by molar-refractivity contribution is 14.1. The molecule has 1 aliphatic heterocycles. The number of hydrogen-bond donors (Lipinski definition) is 0. The van der Waals surface area contributed by atoms with Crippen molar-refractivity contribution in [2.75, 3.05) is 13.1 Å². The molecule has 0 radical (unpaired) electrons. The Balaban J connectivity index is 1.91. The van der Waals surface area contributed by atoms with Crippen molar-refractivity contribution >= 4 is 40.9 Å². The molecule has 0 spiro atoms. The maximum atomic E-state index is 4.18. The molecule has 0 bridgehead atoms. The molecule has 2 rings (SSSR count). The Morgan fingerprint density at radius 3 is 3.00 bits per heavy atom. The summed E-state index contributed by atoms with van der Waals surface area (Å²) in [6.07, 6.45) is 1.93. The fourth-order valence-corrected chi connectivity index (χ4v) is 2.97. The number of nitrogens with zero attached hydrogens (tertiary/aromatic N) is 2. The number of halogens is 1. The van der Waals surface area contributed by atoms with Gasteiger partial charge in [0, 0.05) is 9.32 Å². The fourth-order valence-electron chi connectivity index (χ4n) is 1.23. The van der Waals surface area contributed by atoms with E-state index in [9.17, 15) is 0 Å². The molecule has 0 amide bonds. The van der Waals surface area contributed by atoms with Crippen LogP contribution < -0.4 is 0 Å². The predicted molar refractivity (Wildman–Crippen MR) is 70.5 cm³/mol. The zero-order valence-corrected chi connectivity index (χ0v) is 10.7. The average Bonchev–Trinajstić information content (AvgIpc) is 2.69. The minimum Gasteiger partial charge on any atom is -0.305 e. The summed E-state index contributed by atoms with van der Waals surface area (Å²) in [7, 11) is 0. The van der Waals surface area contributed by atoms with Crippen LogP contribution in [-0.2, 0) is 5.75 Å². The van der Waals surface area contributed by atoms with Gasteiger partial charge in [0.05, 0.1) is 19.4 Å². The van der Waals surface area contributed by atoms with Crippen LogP contribution in [0, 0.1) is 3.57 Å². The van der Waals surface area contributed by atoms with Crippen LogP contribution in [0.3, 0.4) is 0 Å². The van der Waals surface area contributed by atoms with Crippen molar-refractivity contribution in [3.63, 3.8) is 0 Å². The van der Waals surface area contributed by atoms with E-state index >= 15 is 0 Å². The van der Waals surface area contributed by atoms with E-state index in [0.717, 1.165) is 18.8 Å². The SMILES string of the molecule is Ic1ccccc1CSN1C=NCC1. The van der Waals surface area contributed by atoms with Gasteiger partial charge < -0.3 is 4.31 Å². The van der Waals surface area contributed by atoms with Gasteiger partial charge in [0.25, 0.3) is 0 Å². The summed E-state index contributed by atoms with van der Waals surface area (Å²) >= 11 is 4.21. The van der Waals surface area contributed by atoms with E-state index in [2.05, 4.69) is 56.2 Å². The maximum Gasteiger partial charge on any atom is 0.0950 e. The van der Waals surface area contributed by atoms with Crippen LogP contribution in [0.15, 0.2) is 29.3 Å². The van der Waals surface area contributed by atoms with Crippen molar-refractivity contribution in [2.45, 2.75) is 5.75 Å². The molecule has 74 valence electrons. The molecule has 0 aliphatic carbocycles. The fraction of sp³-hybridized carbons (Fsp3) is 0.300. The van der Waals surface area contributed by atoms with Gasteiger partial charge in [0.2, 0.25) is 0 Å². The summed E-state index contributed by atoms with van der Waals surface area (Å²) in [4.78, 5) is 4.18. The molecule has 14 heavy (non-hydrogen) atoms. The molecule has 0 aromatic heterocycles. The van der Waals surface area contributed by atoms with Crippen molar-refractivity contribution < 1.29 is 0 Å². The van der Waals surface area contributed by atoms with E-state index in [0.29, 0.717) is 0 Å². The standard InChI is InChI=1S/C10H11IN2S/c11-10-4-2-1-3-9(10)7-14-13-6-5-12-8-13/h1-4,8H,5-7H2. The minimum atomic E-state index is 0.943. The lowest BCUT2D eigenvalue weighted by Gasteiger charge is -2.12. The quantitative estimate of drug-likeness (QED) is 0.629. The van der Waals surface area contributed by atoms with E-state index in [-0.39, 0.29) is 0 Å². The van der Waals surface area contributed by atoms with Crippen molar-refractivity contribution in [1.29, 1.82) is 0 Å². The second-order valence-corrected chi connectivity index (χ2v) is 5.21. The second kappa shape index (κ2) is 5.02. The Morgan fingerprint density at radius 2 is 2.29 bits per heavy atom. The topological polar surface area (TPSA) is 15.6 Å². The van der Waals surface area contributed by atoms with Crippen LogP contribution in [0.4, 0.5) is 0 Å². The highest BCUT2D eigenvalue weighted by Crippen LogP contribution is 2.21. The maximum absolute atomic E-state index is 4.18. The van der Waals surface area contributed by atoms with Gasteiger partial charge >= 0.3 is 0 Å². The summed E-state index contributed by atoms with van der Waals surface area (Å²) in [5.74, 6) is 1.03. The Labute approximate surface area is 102 Å². The molecule has 0 saturated heterocycles. The summed E-state index contributed by atoms with van der Waals surface area (Å²) < 4.78 is 3.54. The Hall–Kier alpha value is -0.230. The molecule has 4 heteroatoms. The van der Waals surface area contributed by atoms with Crippen LogP contribution in [0.2, 0.25) is 0 Å². The van der Waals surface area contributed by atoms with Crippen molar-refractivity contribution in [1.82, 2.24) is 4.31 Å². The molecule has 0 saturated carbocycles. The van der Waals surface area contributed by atoms with Gasteiger partial charge in [0.1, 0.15) is 0 Å². The number of hydrogen-bond acceptors (Lipinski definition) is 3. The minimum absolute atomic E-state index is 0.943. The van der Waals surface area contributed by atoms with Gasteiger partial charge in [-0.25, -0.2) is 0 Å². The smallest absolute Gasteiger partial charge is 0.0950 e. The third-order valence-electron chi connectivity index (χ3n) is 2.00. The second-order valence-electron chi connectivity index (χ2n) is 3.03. The van der Waals surface area contributed by atoms with Gasteiger partial charge in [-0.15, -0.1) is 0 Å². The van der Waals surface area contributed by atoms with Crippen LogP contribution in [0.25, 0.3) is 0 Å². The molecule has 2 nitrogen and oxygen atoms in total. The molecule has 1 heterocycles. The van der Waals surface area contributed by atoms with Crippen LogP contribution >= 0.6 is 34.5 Å². The van der Waals surface area contributed by atoms with Crippen LogP contribution in [-0.4, -0.2) is 23.7 Å². The predicted octanol–water partition coefficient (Wildman–Crippen LogP) is 2.78. The van der Waals surface area contributed by atoms with Crippen molar-refractivity contribution in [2.24, 2.45) is 4.99 Å². The monoisotopic (exact) mass is 318 g/mol. The lowest BCUT2D eigenvalue weighted by Crippen LogP contribution is -2.10. The summed E-state index contributed by atoms with van der Waals surface area (Å²) in [5.41, 5.74) is 1.40. The molecule has 0 atom stereocenters. The number of rotatable bonds is 3. The summed E-state index contributed by atoms with van der Waals surface area (Å²) in [6, 6.07) is 8.50. The lowest BCUT2D eigenvalue weighted by molar-refractivity contribution is 0.747. The average molecular weight is 318 g/mol. The van der Waals surface area contributed by atoms with E-state index in [1.165, 1.54) is 9.13 Å². The highest BCUT2D eigenvalue weighted by atomic mass is 127. The number of aliphatic imine (C=N–C) groups is 1. The third kappa shape index (κ3) is 2.63. The van der Waals surface area contributed by atoms with Gasteiger partial charge in [-0.2, -0.15) is 0 Å². The first kappa shape index (κ1) is 10.3. The molecule has 1 aromatic carbocycles. The normalized spacial score (nSPS) is 15.1. The van der Waals surface area contributed by atoms with E-state index < -0.39 is 0 Å². The summed E-state index contributed by atoms with van der Waals surface area (Å²) in [5, 5.41) is 0. The Bertz CT molecular complexity index is 341. The van der Waals surface area contributed by atoms with Crippen LogP contribution in [0.5, 0.6) is 0 Å². The molecule has 1 aliphatic rings. The third-order valence-corrected chi connectivity index (χ3v) is 4.10. The highest BCUT2D eigenvalue weighted by Gasteiger charge is 2.06. The molecular weight excluding hydrogens is 307 g/mol. The molecule has 1 aromatic rings. The van der Waals surface area contributed by atoms with Crippen molar-refractivity contribution in [3.05, 3.63) is 33.4 Å². The van der Waals surface area contributed by atoms with Gasteiger partial charge in [-0.05, 0) is 46.2 Å². The van der Waals surface area contributed by atoms with E-state index in [1.807, 2.05) is 18.3 Å². The van der Waals surface area contributed by atoms with Gasteiger partial charge in [-0.3, -0.25) is 4.99 Å². The van der Waals surface area contributed by atoms with Gasteiger partial charge in [0.15, 0.2) is 0 Å². The first-order chi connectivity index (χ1) is 6.86. The van der Waals surface area contributed by atoms with Crippen LogP contribution in [0.1, 0.15) is 5.56 Å². The molecule has 0 fully saturated rings. The first-order valence-electron chi connectivity index (χ1n) is 4.49. The Kier molecular flexibility index (Phi) is 3.69. The molecular formula is C10H11IN2S. The van der Waals surface area contributed by atoms with Gasteiger partial charge in [-0.1, -0.05) is 18.2 Å². The zero-order valence-electron chi connectivity index (χ0n) is 7.69. The van der Waals surface area contributed by atoms with E-state index in [1.54, 1.807) is 0 Å². The summed E-state index contributed by atoms with van der Waals surface area (Å²) in [6.45, 7) is 1.99.